The van der Waals surface area contributed by atoms with E-state index in [9.17, 15) is 4.79 Å². The summed E-state index contributed by atoms with van der Waals surface area (Å²) < 4.78 is 0. The molecule has 68 valence electrons. The van der Waals surface area contributed by atoms with Crippen LogP contribution in [0.25, 0.3) is 0 Å². The molecule has 1 aliphatic rings. The van der Waals surface area contributed by atoms with E-state index in [-0.39, 0.29) is 5.91 Å². The largest absolute Gasteiger partial charge is 0.324 e. The molecule has 1 aliphatic heterocycles. The summed E-state index contributed by atoms with van der Waals surface area (Å²) in [4.78, 5) is 12.2. The first kappa shape index (κ1) is 9.09. The maximum atomic E-state index is 11.1. The first-order valence-electron chi connectivity index (χ1n) is 3.91. The van der Waals surface area contributed by atoms with Crippen LogP contribution in [-0.4, -0.2) is 11.7 Å². The Morgan fingerprint density at radius 1 is 1.54 bits per heavy atom. The molecule has 2 rings (SSSR count). The third kappa shape index (κ3) is 1.89. The molecule has 0 atom stereocenters. The van der Waals surface area contributed by atoms with Crippen molar-refractivity contribution in [3.63, 3.8) is 0 Å². The summed E-state index contributed by atoms with van der Waals surface area (Å²) in [5.41, 5.74) is 2.12. The number of nitrogens with one attached hydrogen (secondary N) is 1. The minimum absolute atomic E-state index is 0.0872. The Morgan fingerprint density at radius 2 is 2.38 bits per heavy atom. The Balaban J connectivity index is 2.38. The summed E-state index contributed by atoms with van der Waals surface area (Å²) in [6.07, 6.45) is 0. The van der Waals surface area contributed by atoms with E-state index in [1.165, 1.54) is 5.56 Å². The molecular formula is C9H8BrNOS. The van der Waals surface area contributed by atoms with E-state index in [4.69, 9.17) is 0 Å². The monoisotopic (exact) mass is 257 g/mol. The molecule has 1 aromatic carbocycles. The summed E-state index contributed by atoms with van der Waals surface area (Å²) in [6.45, 7) is 0. The molecule has 1 heterocycles. The van der Waals surface area contributed by atoms with Crippen molar-refractivity contribution in [2.24, 2.45) is 0 Å². The van der Waals surface area contributed by atoms with Crippen LogP contribution in [0, 0.1) is 0 Å². The summed E-state index contributed by atoms with van der Waals surface area (Å²) >= 11 is 4.97. The van der Waals surface area contributed by atoms with Gasteiger partial charge in [0.25, 0.3) is 0 Å². The van der Waals surface area contributed by atoms with E-state index in [0.717, 1.165) is 15.9 Å². The van der Waals surface area contributed by atoms with Gasteiger partial charge in [-0.15, -0.1) is 11.8 Å². The zero-order chi connectivity index (χ0) is 9.26. The van der Waals surface area contributed by atoms with E-state index in [2.05, 4.69) is 33.4 Å². The predicted molar refractivity (Wildman–Crippen MR) is 58.4 cm³/mol. The number of benzene rings is 1. The number of thioether (sulfide) groups is 1. The van der Waals surface area contributed by atoms with E-state index in [1.807, 2.05) is 6.07 Å². The van der Waals surface area contributed by atoms with Crippen LogP contribution in [0.2, 0.25) is 0 Å². The third-order valence-electron chi connectivity index (χ3n) is 1.83. The number of rotatable bonds is 1. The molecule has 0 aromatic heterocycles. The molecule has 0 fully saturated rings. The van der Waals surface area contributed by atoms with Crippen LogP contribution in [0.3, 0.4) is 0 Å². The van der Waals surface area contributed by atoms with Crippen molar-refractivity contribution in [1.29, 1.82) is 0 Å². The summed E-state index contributed by atoms with van der Waals surface area (Å²) in [7, 11) is 0. The number of fused-ring (bicyclic) bond motifs is 1. The minimum atomic E-state index is 0.0872. The molecule has 1 amide bonds. The number of alkyl halides is 1. The normalized spacial score (nSPS) is 15.0. The lowest BCUT2D eigenvalue weighted by Crippen LogP contribution is -2.18. The van der Waals surface area contributed by atoms with Crippen molar-refractivity contribution in [3.05, 3.63) is 23.8 Å². The molecule has 0 aliphatic carbocycles. The number of hydrogen-bond donors (Lipinski definition) is 1. The molecule has 0 unspecified atom stereocenters. The van der Waals surface area contributed by atoms with Gasteiger partial charge in [0.1, 0.15) is 0 Å². The van der Waals surface area contributed by atoms with Gasteiger partial charge in [-0.05, 0) is 17.7 Å². The van der Waals surface area contributed by atoms with Crippen LogP contribution in [0.15, 0.2) is 23.1 Å². The fourth-order valence-electron chi connectivity index (χ4n) is 1.21. The number of amides is 1. The summed E-state index contributed by atoms with van der Waals surface area (Å²) in [5.74, 6) is 0.616. The molecule has 1 N–H and O–H groups in total. The average molecular weight is 258 g/mol. The SMILES string of the molecule is O=C1CSc2ccc(CBr)cc2N1. The lowest BCUT2D eigenvalue weighted by atomic mass is 10.2. The Morgan fingerprint density at radius 3 is 3.15 bits per heavy atom. The summed E-state index contributed by atoms with van der Waals surface area (Å²) in [5, 5.41) is 3.67. The van der Waals surface area contributed by atoms with Gasteiger partial charge in [0.15, 0.2) is 0 Å². The molecule has 0 saturated heterocycles. The van der Waals surface area contributed by atoms with E-state index in [1.54, 1.807) is 11.8 Å². The average Bonchev–Trinajstić information content (AvgIpc) is 2.16. The van der Waals surface area contributed by atoms with Crippen LogP contribution >= 0.6 is 27.7 Å². The molecular weight excluding hydrogens is 250 g/mol. The number of anilines is 1. The second-order valence-corrected chi connectivity index (χ2v) is 4.38. The van der Waals surface area contributed by atoms with E-state index < -0.39 is 0 Å². The number of carbonyl (C=O) groups is 1. The van der Waals surface area contributed by atoms with Crippen molar-refractivity contribution in [2.75, 3.05) is 11.1 Å². The van der Waals surface area contributed by atoms with Gasteiger partial charge in [-0.3, -0.25) is 4.79 Å². The molecule has 1 aromatic rings. The van der Waals surface area contributed by atoms with Gasteiger partial charge in [0, 0.05) is 10.2 Å². The zero-order valence-electron chi connectivity index (χ0n) is 6.84. The van der Waals surface area contributed by atoms with Gasteiger partial charge in [-0.2, -0.15) is 0 Å². The Hall–Kier alpha value is -0.480. The first-order chi connectivity index (χ1) is 6.29. The highest BCUT2D eigenvalue weighted by Gasteiger charge is 2.14. The molecule has 0 radical (unpaired) electrons. The maximum absolute atomic E-state index is 11.1. The van der Waals surface area contributed by atoms with E-state index >= 15 is 0 Å². The second kappa shape index (κ2) is 3.72. The van der Waals surface area contributed by atoms with Crippen LogP contribution < -0.4 is 5.32 Å². The van der Waals surface area contributed by atoms with Crippen LogP contribution in [0.1, 0.15) is 5.56 Å². The van der Waals surface area contributed by atoms with Crippen molar-refractivity contribution >= 4 is 39.3 Å². The first-order valence-corrected chi connectivity index (χ1v) is 6.02. The number of carbonyl (C=O) groups excluding carboxylic acids is 1. The van der Waals surface area contributed by atoms with Crippen LogP contribution in [-0.2, 0) is 10.1 Å². The molecule has 4 heteroatoms. The fourth-order valence-corrected chi connectivity index (χ4v) is 2.35. The standard InChI is InChI=1S/C9H8BrNOS/c10-4-6-1-2-8-7(3-6)11-9(12)5-13-8/h1-3H,4-5H2,(H,11,12). The van der Waals surface area contributed by atoms with Crippen LogP contribution in [0.5, 0.6) is 0 Å². The number of hydrogen-bond acceptors (Lipinski definition) is 2. The second-order valence-electron chi connectivity index (χ2n) is 2.80. The van der Waals surface area contributed by atoms with Crippen molar-refractivity contribution in [3.8, 4) is 0 Å². The van der Waals surface area contributed by atoms with Gasteiger partial charge >= 0.3 is 0 Å². The topological polar surface area (TPSA) is 29.1 Å². The minimum Gasteiger partial charge on any atom is -0.324 e. The zero-order valence-corrected chi connectivity index (χ0v) is 9.24. The highest BCUT2D eigenvalue weighted by molar-refractivity contribution is 9.08. The Kier molecular flexibility index (Phi) is 2.60. The van der Waals surface area contributed by atoms with Gasteiger partial charge in [0.05, 0.1) is 11.4 Å². The summed E-state index contributed by atoms with van der Waals surface area (Å²) in [6, 6.07) is 6.13. The highest BCUT2D eigenvalue weighted by Crippen LogP contribution is 2.32. The lowest BCUT2D eigenvalue weighted by Gasteiger charge is -2.16. The van der Waals surface area contributed by atoms with E-state index in [0.29, 0.717) is 5.75 Å². The molecule has 13 heavy (non-hydrogen) atoms. The van der Waals surface area contributed by atoms with Crippen molar-refractivity contribution in [1.82, 2.24) is 0 Å². The molecule has 0 saturated carbocycles. The molecule has 2 nitrogen and oxygen atoms in total. The van der Waals surface area contributed by atoms with Gasteiger partial charge in [0.2, 0.25) is 5.91 Å². The number of halogens is 1. The maximum Gasteiger partial charge on any atom is 0.234 e. The Bertz CT molecular complexity index is 353. The fraction of sp³-hybridized carbons (Fsp3) is 0.222. The quantitative estimate of drug-likeness (QED) is 0.784. The lowest BCUT2D eigenvalue weighted by molar-refractivity contribution is -0.113. The third-order valence-corrected chi connectivity index (χ3v) is 3.55. The Labute approximate surface area is 89.2 Å². The van der Waals surface area contributed by atoms with Crippen molar-refractivity contribution in [2.45, 2.75) is 10.2 Å². The van der Waals surface area contributed by atoms with Crippen molar-refractivity contribution < 1.29 is 4.79 Å². The van der Waals surface area contributed by atoms with Gasteiger partial charge in [-0.25, -0.2) is 0 Å². The molecule has 0 spiro atoms. The van der Waals surface area contributed by atoms with Gasteiger partial charge < -0.3 is 5.32 Å². The molecule has 0 bridgehead atoms. The highest BCUT2D eigenvalue weighted by atomic mass is 79.9. The predicted octanol–water partition coefficient (Wildman–Crippen LogP) is 2.63. The van der Waals surface area contributed by atoms with Crippen LogP contribution in [0.4, 0.5) is 5.69 Å². The smallest absolute Gasteiger partial charge is 0.234 e. The van der Waals surface area contributed by atoms with Gasteiger partial charge in [-0.1, -0.05) is 22.0 Å².